The molecule has 0 unspecified atom stereocenters. The summed E-state index contributed by atoms with van der Waals surface area (Å²) in [5.74, 6) is 0. The maximum Gasteiger partial charge on any atom is 0.0493 e. The van der Waals surface area contributed by atoms with Crippen LogP contribution in [0, 0.1) is 6.92 Å². The van der Waals surface area contributed by atoms with Crippen LogP contribution in [0.5, 0.6) is 0 Å². The van der Waals surface area contributed by atoms with Crippen LogP contribution in [0.1, 0.15) is 35.2 Å². The summed E-state index contributed by atoms with van der Waals surface area (Å²) >= 11 is 12.6. The van der Waals surface area contributed by atoms with Crippen LogP contribution in [0.4, 0.5) is 0 Å². The normalized spacial score (nSPS) is 14.4. The molecule has 1 fully saturated rings. The van der Waals surface area contributed by atoms with Crippen LogP contribution < -0.4 is 5.32 Å². The zero-order chi connectivity index (χ0) is 23.5. The van der Waals surface area contributed by atoms with Gasteiger partial charge in [-0.25, -0.2) is 0 Å². The van der Waals surface area contributed by atoms with Crippen molar-refractivity contribution in [2.24, 2.45) is 0 Å². The Hall–Kier alpha value is -1.72. The van der Waals surface area contributed by atoms with E-state index in [9.17, 15) is 0 Å². The van der Waals surface area contributed by atoms with Gasteiger partial charge in [0.15, 0.2) is 0 Å². The maximum atomic E-state index is 6.50. The Bertz CT molecular complexity index is 1260. The molecule has 1 aliphatic rings. The summed E-state index contributed by atoms with van der Waals surface area (Å²) in [6.45, 7) is 7.18. The number of piperidine rings is 1. The topological polar surface area (TPSA) is 20.2 Å². The van der Waals surface area contributed by atoms with Gasteiger partial charge in [-0.1, -0.05) is 77.8 Å². The average molecular weight is 565 g/mol. The fourth-order valence-electron chi connectivity index (χ4n) is 5.13. The van der Waals surface area contributed by atoms with Crippen molar-refractivity contribution in [3.8, 4) is 0 Å². The Kier molecular flexibility index (Phi) is 10.6. The standard InChI is InChI=1S/C29H31Cl2N3.2ClH/c1-21-27(18-32-25-13-15-33(16-14-25)19-22-7-3-2-4-8-22)26-9-5-6-10-29(26)34(21)20-23-11-12-24(30)17-28(23)31;;/h2-12,17,25,32H,13-16,18-20H2,1H3;2*1H. The quantitative estimate of drug-likeness (QED) is 0.246. The number of fused-ring (bicyclic) bond motifs is 1. The Morgan fingerprint density at radius 3 is 2.28 bits per heavy atom. The van der Waals surface area contributed by atoms with Gasteiger partial charge in [0.05, 0.1) is 0 Å². The number of benzene rings is 3. The number of aromatic nitrogens is 1. The van der Waals surface area contributed by atoms with Crippen molar-refractivity contribution in [3.63, 3.8) is 0 Å². The highest BCUT2D eigenvalue weighted by atomic mass is 35.5. The molecule has 0 bridgehead atoms. The number of hydrogen-bond acceptors (Lipinski definition) is 2. The summed E-state index contributed by atoms with van der Waals surface area (Å²) in [6, 6.07) is 25.8. The molecule has 0 amide bonds. The van der Waals surface area contributed by atoms with Crippen molar-refractivity contribution in [1.82, 2.24) is 14.8 Å². The Labute approximate surface area is 236 Å². The molecule has 3 nitrogen and oxygen atoms in total. The number of hydrogen-bond donors (Lipinski definition) is 1. The molecular formula is C29H33Cl4N3. The van der Waals surface area contributed by atoms with Gasteiger partial charge in [0.1, 0.15) is 0 Å². The molecule has 4 aromatic rings. The van der Waals surface area contributed by atoms with Gasteiger partial charge >= 0.3 is 0 Å². The maximum absolute atomic E-state index is 6.50. The molecule has 36 heavy (non-hydrogen) atoms. The minimum Gasteiger partial charge on any atom is -0.340 e. The summed E-state index contributed by atoms with van der Waals surface area (Å²) in [5.41, 5.74) is 6.41. The van der Waals surface area contributed by atoms with Gasteiger partial charge in [-0.2, -0.15) is 0 Å². The van der Waals surface area contributed by atoms with E-state index in [0.717, 1.165) is 38.3 Å². The molecule has 0 atom stereocenters. The molecule has 192 valence electrons. The van der Waals surface area contributed by atoms with Gasteiger partial charge in [-0.05, 0) is 67.7 Å². The molecule has 1 aliphatic heterocycles. The van der Waals surface area contributed by atoms with Crippen LogP contribution in [0.2, 0.25) is 10.0 Å². The van der Waals surface area contributed by atoms with Gasteiger partial charge in [0, 0.05) is 52.3 Å². The van der Waals surface area contributed by atoms with Crippen LogP contribution in [-0.4, -0.2) is 28.6 Å². The second-order valence-corrected chi connectivity index (χ2v) is 10.2. The monoisotopic (exact) mass is 563 g/mol. The van der Waals surface area contributed by atoms with Crippen LogP contribution in [0.25, 0.3) is 10.9 Å². The lowest BCUT2D eigenvalue weighted by molar-refractivity contribution is 0.190. The van der Waals surface area contributed by atoms with Gasteiger partial charge in [-0.3, -0.25) is 4.90 Å². The largest absolute Gasteiger partial charge is 0.340 e. The minimum atomic E-state index is 0. The third-order valence-corrected chi connectivity index (χ3v) is 7.70. The van der Waals surface area contributed by atoms with E-state index >= 15 is 0 Å². The smallest absolute Gasteiger partial charge is 0.0493 e. The molecule has 3 aromatic carbocycles. The molecule has 1 saturated heterocycles. The molecule has 2 heterocycles. The molecule has 0 spiro atoms. The second kappa shape index (κ2) is 13.2. The molecule has 0 saturated carbocycles. The average Bonchev–Trinajstić information content (AvgIpc) is 3.11. The van der Waals surface area contributed by atoms with Crippen molar-refractivity contribution in [3.05, 3.63) is 105 Å². The summed E-state index contributed by atoms with van der Waals surface area (Å²) in [7, 11) is 0. The van der Waals surface area contributed by atoms with Crippen LogP contribution in [0.15, 0.2) is 72.8 Å². The molecule has 1 aromatic heterocycles. The van der Waals surface area contributed by atoms with Crippen LogP contribution >= 0.6 is 48.0 Å². The fourth-order valence-corrected chi connectivity index (χ4v) is 5.60. The lowest BCUT2D eigenvalue weighted by Gasteiger charge is -2.32. The zero-order valence-corrected chi connectivity index (χ0v) is 23.6. The second-order valence-electron chi connectivity index (χ2n) is 9.32. The predicted octanol–water partition coefficient (Wildman–Crippen LogP) is 7.90. The van der Waals surface area contributed by atoms with E-state index in [0.29, 0.717) is 16.1 Å². The van der Waals surface area contributed by atoms with E-state index in [2.05, 4.69) is 76.3 Å². The molecule has 5 rings (SSSR count). The summed E-state index contributed by atoms with van der Waals surface area (Å²) in [4.78, 5) is 2.57. The van der Waals surface area contributed by atoms with Gasteiger partial charge in [0.25, 0.3) is 0 Å². The third-order valence-electron chi connectivity index (χ3n) is 7.11. The van der Waals surface area contributed by atoms with E-state index in [1.165, 1.54) is 40.6 Å². The molecule has 1 N–H and O–H groups in total. The van der Waals surface area contributed by atoms with E-state index in [1.807, 2.05) is 18.2 Å². The van der Waals surface area contributed by atoms with Gasteiger partial charge in [0.2, 0.25) is 0 Å². The number of nitrogens with one attached hydrogen (secondary N) is 1. The first-order valence-electron chi connectivity index (χ1n) is 12.1. The van der Waals surface area contributed by atoms with E-state index in [1.54, 1.807) is 0 Å². The Balaban J connectivity index is 0.00000180. The number of likely N-dealkylation sites (tertiary alicyclic amines) is 1. The van der Waals surface area contributed by atoms with E-state index in [4.69, 9.17) is 23.2 Å². The Morgan fingerprint density at radius 1 is 0.861 bits per heavy atom. The first-order chi connectivity index (χ1) is 16.6. The molecule has 7 heteroatoms. The van der Waals surface area contributed by atoms with Crippen molar-refractivity contribution < 1.29 is 0 Å². The number of halogens is 4. The van der Waals surface area contributed by atoms with Crippen molar-refractivity contribution in [2.45, 2.75) is 45.4 Å². The van der Waals surface area contributed by atoms with Gasteiger partial charge < -0.3 is 9.88 Å². The van der Waals surface area contributed by atoms with E-state index in [-0.39, 0.29) is 24.8 Å². The predicted molar refractivity (Wildman–Crippen MR) is 158 cm³/mol. The first-order valence-corrected chi connectivity index (χ1v) is 12.8. The van der Waals surface area contributed by atoms with Crippen LogP contribution in [-0.2, 0) is 19.6 Å². The Morgan fingerprint density at radius 2 is 1.56 bits per heavy atom. The number of para-hydroxylation sites is 1. The summed E-state index contributed by atoms with van der Waals surface area (Å²) < 4.78 is 2.38. The van der Waals surface area contributed by atoms with Crippen molar-refractivity contribution >= 4 is 58.9 Å². The SMILES string of the molecule is Cc1c(CNC2CCN(Cc3ccccc3)CC2)c2ccccc2n1Cc1ccc(Cl)cc1Cl.Cl.Cl. The highest BCUT2D eigenvalue weighted by Crippen LogP contribution is 2.29. The van der Waals surface area contributed by atoms with Crippen molar-refractivity contribution in [2.75, 3.05) is 13.1 Å². The molecular weight excluding hydrogens is 532 g/mol. The highest BCUT2D eigenvalue weighted by molar-refractivity contribution is 6.35. The fraction of sp³-hybridized carbons (Fsp3) is 0.310. The first kappa shape index (κ1) is 28.8. The third kappa shape index (κ3) is 6.58. The lowest BCUT2D eigenvalue weighted by Crippen LogP contribution is -2.41. The van der Waals surface area contributed by atoms with Crippen LogP contribution in [0.3, 0.4) is 0 Å². The van der Waals surface area contributed by atoms with Crippen molar-refractivity contribution in [1.29, 1.82) is 0 Å². The van der Waals surface area contributed by atoms with Gasteiger partial charge in [-0.15, -0.1) is 24.8 Å². The summed E-state index contributed by atoms with van der Waals surface area (Å²) in [6.07, 6.45) is 2.37. The van der Waals surface area contributed by atoms with E-state index < -0.39 is 0 Å². The number of nitrogens with zero attached hydrogens (tertiary/aromatic N) is 2. The minimum absolute atomic E-state index is 0. The molecule has 0 radical (unpaired) electrons. The highest BCUT2D eigenvalue weighted by Gasteiger charge is 2.21. The summed E-state index contributed by atoms with van der Waals surface area (Å²) in [5, 5.41) is 6.57. The zero-order valence-electron chi connectivity index (χ0n) is 20.4. The lowest BCUT2D eigenvalue weighted by atomic mass is 10.0. The number of rotatable bonds is 7. The molecule has 0 aliphatic carbocycles.